The number of carbonyl (C=O) groups is 1. The number of para-hydroxylation sites is 1. The second-order valence-corrected chi connectivity index (χ2v) is 7.28. The van der Waals surface area contributed by atoms with Crippen molar-refractivity contribution in [2.24, 2.45) is 0 Å². The van der Waals surface area contributed by atoms with Gasteiger partial charge in [0.05, 0.1) is 13.7 Å². The Morgan fingerprint density at radius 2 is 1.87 bits per heavy atom. The molecule has 0 radical (unpaired) electrons. The molecular formula is C25H32N2O4. The molecule has 1 heterocycles. The first-order chi connectivity index (χ1) is 15.1. The topological polar surface area (TPSA) is 72.6 Å². The molecule has 3 rings (SSSR count). The third-order valence-electron chi connectivity index (χ3n) is 5.40. The first kappa shape index (κ1) is 22.7. The zero-order valence-corrected chi connectivity index (χ0v) is 18.7. The van der Waals surface area contributed by atoms with Gasteiger partial charge in [-0.1, -0.05) is 31.2 Å². The van der Waals surface area contributed by atoms with E-state index in [0.29, 0.717) is 37.7 Å². The van der Waals surface area contributed by atoms with Crippen molar-refractivity contribution >= 4 is 16.8 Å². The van der Waals surface area contributed by atoms with Crippen LogP contribution in [0.5, 0.6) is 11.5 Å². The molecule has 2 N–H and O–H groups in total. The minimum absolute atomic E-state index is 0.0659. The Morgan fingerprint density at radius 3 is 2.58 bits per heavy atom. The normalized spacial score (nSPS) is 13.0. The van der Waals surface area contributed by atoms with E-state index in [1.807, 2.05) is 57.3 Å². The number of aromatic nitrogens is 1. The zero-order valence-electron chi connectivity index (χ0n) is 18.7. The van der Waals surface area contributed by atoms with Crippen LogP contribution in [0.15, 0.2) is 48.7 Å². The molecule has 0 saturated carbocycles. The minimum atomic E-state index is -0.441. The molecule has 0 bridgehead atoms. The molecule has 1 amide bonds. The molecule has 2 atom stereocenters. The number of aromatic amines is 1. The summed E-state index contributed by atoms with van der Waals surface area (Å²) in [5.74, 6) is 1.23. The predicted molar refractivity (Wildman–Crippen MR) is 123 cm³/mol. The predicted octanol–water partition coefficient (Wildman–Crippen LogP) is 4.64. The van der Waals surface area contributed by atoms with Crippen molar-refractivity contribution in [3.63, 3.8) is 0 Å². The van der Waals surface area contributed by atoms with E-state index in [1.165, 1.54) is 0 Å². The average molecular weight is 425 g/mol. The smallest absolute Gasteiger partial charge is 0.249 e. The van der Waals surface area contributed by atoms with E-state index in [9.17, 15) is 4.79 Å². The van der Waals surface area contributed by atoms with Gasteiger partial charge in [-0.25, -0.2) is 0 Å². The molecule has 0 spiro atoms. The Morgan fingerprint density at radius 1 is 1.06 bits per heavy atom. The summed E-state index contributed by atoms with van der Waals surface area (Å²) in [4.78, 5) is 16.1. The summed E-state index contributed by atoms with van der Waals surface area (Å²) in [6.45, 7) is 7.31. The van der Waals surface area contributed by atoms with Gasteiger partial charge in [0.15, 0.2) is 11.5 Å². The van der Waals surface area contributed by atoms with Gasteiger partial charge in [0, 0.05) is 36.2 Å². The number of ether oxygens (including phenoxy) is 3. The quantitative estimate of drug-likeness (QED) is 0.470. The second kappa shape index (κ2) is 10.9. The number of nitrogens with one attached hydrogen (secondary N) is 2. The van der Waals surface area contributed by atoms with Crippen LogP contribution in [0, 0.1) is 0 Å². The Balaban J connectivity index is 1.96. The molecule has 0 fully saturated rings. The van der Waals surface area contributed by atoms with Gasteiger partial charge in [-0.2, -0.15) is 0 Å². The Kier molecular flexibility index (Phi) is 7.95. The summed E-state index contributed by atoms with van der Waals surface area (Å²) >= 11 is 0. The van der Waals surface area contributed by atoms with Crippen molar-refractivity contribution in [3.8, 4) is 11.5 Å². The van der Waals surface area contributed by atoms with Gasteiger partial charge in [-0.05, 0) is 49.6 Å². The van der Waals surface area contributed by atoms with Crippen LogP contribution in [0.4, 0.5) is 0 Å². The number of benzene rings is 2. The summed E-state index contributed by atoms with van der Waals surface area (Å²) in [7, 11) is 1.64. The SMILES string of the molecule is CCOc1ccc([C@@H](CNC(=O)[C@H](CC)OCC)c2c[nH]c3ccccc23)cc1OC. The van der Waals surface area contributed by atoms with Gasteiger partial charge in [0.1, 0.15) is 6.10 Å². The van der Waals surface area contributed by atoms with E-state index in [4.69, 9.17) is 14.2 Å². The molecule has 6 nitrogen and oxygen atoms in total. The van der Waals surface area contributed by atoms with E-state index in [0.717, 1.165) is 22.0 Å². The van der Waals surface area contributed by atoms with Gasteiger partial charge in [-0.15, -0.1) is 0 Å². The molecular weight excluding hydrogens is 392 g/mol. The highest BCUT2D eigenvalue weighted by molar-refractivity contribution is 5.85. The van der Waals surface area contributed by atoms with E-state index >= 15 is 0 Å². The first-order valence-corrected chi connectivity index (χ1v) is 10.9. The van der Waals surface area contributed by atoms with Crippen molar-refractivity contribution in [2.75, 3.05) is 26.9 Å². The van der Waals surface area contributed by atoms with Crippen molar-refractivity contribution in [1.82, 2.24) is 10.3 Å². The highest BCUT2D eigenvalue weighted by atomic mass is 16.5. The van der Waals surface area contributed by atoms with E-state index in [2.05, 4.69) is 22.4 Å². The summed E-state index contributed by atoms with van der Waals surface area (Å²) in [6.07, 6.45) is 2.21. The van der Waals surface area contributed by atoms with Crippen molar-refractivity contribution in [1.29, 1.82) is 0 Å². The standard InChI is InChI=1S/C25H32N2O4/c1-5-22(30-6-2)25(28)27-15-19(20-16-26-21-11-9-8-10-18(20)21)17-12-13-23(31-7-3)24(14-17)29-4/h8-14,16,19,22,26H,5-7,15H2,1-4H3,(H,27,28)/t19-,22+/m1/s1. The van der Waals surface area contributed by atoms with Crippen molar-refractivity contribution in [2.45, 2.75) is 39.2 Å². The monoisotopic (exact) mass is 424 g/mol. The van der Waals surface area contributed by atoms with Gasteiger partial charge in [0.2, 0.25) is 5.91 Å². The van der Waals surface area contributed by atoms with Gasteiger partial charge >= 0.3 is 0 Å². The number of methoxy groups -OCH3 is 1. The number of rotatable bonds is 11. The molecule has 0 saturated heterocycles. The molecule has 0 aliphatic rings. The third-order valence-corrected chi connectivity index (χ3v) is 5.40. The molecule has 0 unspecified atom stereocenters. The zero-order chi connectivity index (χ0) is 22.2. The maximum Gasteiger partial charge on any atom is 0.249 e. The van der Waals surface area contributed by atoms with Gasteiger partial charge in [0.25, 0.3) is 0 Å². The minimum Gasteiger partial charge on any atom is -0.493 e. The number of hydrogen-bond acceptors (Lipinski definition) is 4. The lowest BCUT2D eigenvalue weighted by Crippen LogP contribution is -2.38. The Labute approximate surface area is 183 Å². The maximum atomic E-state index is 12.7. The highest BCUT2D eigenvalue weighted by Gasteiger charge is 2.23. The fraction of sp³-hybridized carbons (Fsp3) is 0.400. The number of carbonyl (C=O) groups excluding carboxylic acids is 1. The summed E-state index contributed by atoms with van der Waals surface area (Å²) in [6, 6.07) is 14.1. The van der Waals surface area contributed by atoms with Crippen molar-refractivity contribution in [3.05, 3.63) is 59.8 Å². The van der Waals surface area contributed by atoms with Crippen LogP contribution in [0.25, 0.3) is 10.9 Å². The molecule has 31 heavy (non-hydrogen) atoms. The second-order valence-electron chi connectivity index (χ2n) is 7.28. The molecule has 6 heteroatoms. The molecule has 2 aromatic carbocycles. The van der Waals surface area contributed by atoms with Crippen LogP contribution in [0.3, 0.4) is 0 Å². The molecule has 0 aliphatic heterocycles. The number of hydrogen-bond donors (Lipinski definition) is 2. The van der Waals surface area contributed by atoms with Crippen molar-refractivity contribution < 1.29 is 19.0 Å². The number of amides is 1. The molecule has 3 aromatic rings. The van der Waals surface area contributed by atoms with Gasteiger partial charge < -0.3 is 24.5 Å². The van der Waals surface area contributed by atoms with E-state index < -0.39 is 6.10 Å². The lowest BCUT2D eigenvalue weighted by atomic mass is 9.90. The molecule has 0 aliphatic carbocycles. The molecule has 166 valence electrons. The van der Waals surface area contributed by atoms with Crippen LogP contribution in [0.1, 0.15) is 44.2 Å². The average Bonchev–Trinajstić information content (AvgIpc) is 3.22. The Bertz CT molecular complexity index is 998. The Hall–Kier alpha value is -2.99. The first-order valence-electron chi connectivity index (χ1n) is 10.9. The largest absolute Gasteiger partial charge is 0.493 e. The van der Waals surface area contributed by atoms with Crippen LogP contribution in [0.2, 0.25) is 0 Å². The van der Waals surface area contributed by atoms with E-state index in [-0.39, 0.29) is 11.8 Å². The van der Waals surface area contributed by atoms with Crippen LogP contribution in [-0.2, 0) is 9.53 Å². The van der Waals surface area contributed by atoms with Gasteiger partial charge in [-0.3, -0.25) is 4.79 Å². The fourth-order valence-electron chi connectivity index (χ4n) is 3.86. The van der Waals surface area contributed by atoms with Crippen LogP contribution in [-0.4, -0.2) is 43.9 Å². The lowest BCUT2D eigenvalue weighted by molar-refractivity contribution is -0.132. The van der Waals surface area contributed by atoms with Crippen LogP contribution < -0.4 is 14.8 Å². The summed E-state index contributed by atoms with van der Waals surface area (Å²) < 4.78 is 16.8. The number of H-pyrrole nitrogens is 1. The molecule has 1 aromatic heterocycles. The summed E-state index contributed by atoms with van der Waals surface area (Å²) in [5.41, 5.74) is 3.22. The van der Waals surface area contributed by atoms with E-state index in [1.54, 1.807) is 7.11 Å². The highest BCUT2D eigenvalue weighted by Crippen LogP contribution is 2.35. The van der Waals surface area contributed by atoms with Crippen LogP contribution >= 0.6 is 0 Å². The summed E-state index contributed by atoms with van der Waals surface area (Å²) in [5, 5.41) is 4.23. The lowest BCUT2D eigenvalue weighted by Gasteiger charge is -2.22. The number of fused-ring (bicyclic) bond motifs is 1. The fourth-order valence-corrected chi connectivity index (χ4v) is 3.86. The third kappa shape index (κ3) is 5.20. The maximum absolute atomic E-state index is 12.7.